The van der Waals surface area contributed by atoms with Crippen molar-refractivity contribution in [2.75, 3.05) is 5.01 Å². The van der Waals surface area contributed by atoms with E-state index in [1.807, 2.05) is 13.0 Å². The van der Waals surface area contributed by atoms with E-state index in [-0.39, 0.29) is 11.1 Å². The molecule has 0 saturated heterocycles. The Bertz CT molecular complexity index is 1330. The minimum Gasteiger partial charge on any atom is -0.292 e. The number of carbonyl (C=O) groups is 2. The lowest BCUT2D eigenvalue weighted by Gasteiger charge is -2.11. The van der Waals surface area contributed by atoms with Crippen molar-refractivity contribution in [2.45, 2.75) is 20.8 Å². The Labute approximate surface area is 177 Å². The fourth-order valence-electron chi connectivity index (χ4n) is 3.37. The van der Waals surface area contributed by atoms with Gasteiger partial charge in [0.2, 0.25) is 0 Å². The molecule has 0 fully saturated rings. The van der Waals surface area contributed by atoms with Gasteiger partial charge >= 0.3 is 0 Å². The molecule has 0 aliphatic carbocycles. The van der Waals surface area contributed by atoms with Crippen molar-refractivity contribution in [1.29, 1.82) is 0 Å². The van der Waals surface area contributed by atoms with Gasteiger partial charge in [0.05, 0.1) is 22.5 Å². The Kier molecular flexibility index (Phi) is 4.98. The molecule has 1 aromatic heterocycles. The number of H-pyrrole nitrogens is 1. The minimum absolute atomic E-state index is 0.194. The van der Waals surface area contributed by atoms with Gasteiger partial charge in [-0.2, -0.15) is 14.8 Å². The van der Waals surface area contributed by atoms with Crippen molar-refractivity contribution in [3.63, 3.8) is 0 Å². The van der Waals surface area contributed by atoms with Gasteiger partial charge in [-0.3, -0.25) is 19.5 Å². The van der Waals surface area contributed by atoms with Crippen molar-refractivity contribution in [2.24, 2.45) is 5.10 Å². The first kappa shape index (κ1) is 20.2. The van der Waals surface area contributed by atoms with Gasteiger partial charge < -0.3 is 0 Å². The van der Waals surface area contributed by atoms with Gasteiger partial charge in [-0.1, -0.05) is 17.7 Å². The Hall–Kier alpha value is -4.07. The van der Waals surface area contributed by atoms with Crippen molar-refractivity contribution in [3.8, 4) is 0 Å². The van der Waals surface area contributed by atoms with Crippen LogP contribution in [-0.4, -0.2) is 27.3 Å². The van der Waals surface area contributed by atoms with E-state index < -0.39 is 23.2 Å². The van der Waals surface area contributed by atoms with E-state index in [9.17, 15) is 18.8 Å². The van der Waals surface area contributed by atoms with Gasteiger partial charge in [-0.25, -0.2) is 4.39 Å². The monoisotopic (exact) mass is 418 g/mol. The van der Waals surface area contributed by atoms with E-state index in [0.29, 0.717) is 22.7 Å². The molecule has 8 heteroatoms. The normalized spacial score (nSPS) is 15.0. The number of carbonyl (C=O) groups excluding carboxylic acids is 2. The summed E-state index contributed by atoms with van der Waals surface area (Å²) in [5.74, 6) is -1.35. The summed E-state index contributed by atoms with van der Waals surface area (Å²) in [5.41, 5.74) is 2.39. The Morgan fingerprint density at radius 3 is 2.45 bits per heavy atom. The molecular weight excluding hydrogens is 399 g/mol. The van der Waals surface area contributed by atoms with Crippen molar-refractivity contribution in [1.82, 2.24) is 9.78 Å². The quantitative estimate of drug-likeness (QED) is 0.661. The zero-order valence-electron chi connectivity index (χ0n) is 17.1. The molecule has 31 heavy (non-hydrogen) atoms. The van der Waals surface area contributed by atoms with E-state index in [1.165, 1.54) is 30.3 Å². The third-order valence-electron chi connectivity index (χ3n) is 5.01. The molecule has 1 aliphatic rings. The fraction of sp³-hybridized carbons (Fsp3) is 0.130. The summed E-state index contributed by atoms with van der Waals surface area (Å²) in [6.45, 7) is 5.15. The molecule has 7 nitrogen and oxygen atoms in total. The van der Waals surface area contributed by atoms with Crippen molar-refractivity contribution in [3.05, 3.63) is 92.7 Å². The Morgan fingerprint density at radius 2 is 1.77 bits per heavy atom. The third-order valence-corrected chi connectivity index (χ3v) is 5.01. The summed E-state index contributed by atoms with van der Waals surface area (Å²) in [4.78, 5) is 38.6. The number of anilines is 1. The minimum atomic E-state index is -0.558. The second-order valence-electron chi connectivity index (χ2n) is 7.30. The van der Waals surface area contributed by atoms with E-state index >= 15 is 0 Å². The third kappa shape index (κ3) is 3.63. The first-order valence-electron chi connectivity index (χ1n) is 9.56. The zero-order valence-corrected chi connectivity index (χ0v) is 17.1. The second kappa shape index (κ2) is 7.64. The van der Waals surface area contributed by atoms with Gasteiger partial charge in [-0.05, 0) is 63.2 Å². The number of nitrogens with one attached hydrogen (secondary N) is 1. The van der Waals surface area contributed by atoms with E-state index in [4.69, 9.17) is 0 Å². The molecule has 156 valence electrons. The first-order valence-corrected chi connectivity index (χ1v) is 9.56. The number of aromatic amines is 1. The first-order chi connectivity index (χ1) is 14.8. The van der Waals surface area contributed by atoms with E-state index in [1.54, 1.807) is 32.0 Å². The molecule has 1 aliphatic heterocycles. The number of hydrazone groups is 1. The summed E-state index contributed by atoms with van der Waals surface area (Å²) in [6.07, 6.45) is 1.43. The van der Waals surface area contributed by atoms with Gasteiger partial charge in [0.1, 0.15) is 5.82 Å². The lowest BCUT2D eigenvalue weighted by atomic mass is 10.1. The van der Waals surface area contributed by atoms with Gasteiger partial charge in [0, 0.05) is 11.3 Å². The van der Waals surface area contributed by atoms with Gasteiger partial charge in [-0.15, -0.1) is 0 Å². The fourth-order valence-corrected chi connectivity index (χ4v) is 3.37. The van der Waals surface area contributed by atoms with Crippen LogP contribution < -0.4 is 10.6 Å². The number of rotatable bonds is 3. The average Bonchev–Trinajstić information content (AvgIpc) is 3.18. The maximum Gasteiger partial charge on any atom is 0.281 e. The number of benzene rings is 2. The lowest BCUT2D eigenvalue weighted by Crippen LogP contribution is -2.26. The number of hydrogen-bond acceptors (Lipinski definition) is 4. The predicted octanol–water partition coefficient (Wildman–Crippen LogP) is 3.43. The summed E-state index contributed by atoms with van der Waals surface area (Å²) < 4.78 is 14.1. The molecule has 0 spiro atoms. The zero-order chi connectivity index (χ0) is 22.3. The van der Waals surface area contributed by atoms with Crippen molar-refractivity contribution < 1.29 is 14.0 Å². The highest BCUT2D eigenvalue weighted by Gasteiger charge is 2.30. The maximum atomic E-state index is 13.2. The molecule has 1 N–H and O–H groups in total. The van der Waals surface area contributed by atoms with Crippen LogP contribution in [0.4, 0.5) is 10.1 Å². The highest BCUT2D eigenvalue weighted by molar-refractivity contribution is 6.32. The standard InChI is InChI=1S/C23H19FN4O3/c1-13-5-4-6-16(11-13)21(29)28-23(31)20(15(3)26-28)12-19-14(2)25-27(22(19)30)18-9-7-17(24)8-10-18/h4-12,26H,1-3H3/b19-12+. The molecule has 0 unspecified atom stereocenters. The SMILES string of the molecule is CC1=NN(c2ccc(F)cc2)C(=O)/C1=C/c1c(C)[nH]n(C(=O)c2cccc(C)c2)c1=O. The van der Waals surface area contributed by atoms with Crippen LogP contribution in [0.2, 0.25) is 0 Å². The van der Waals surface area contributed by atoms with Crippen LogP contribution in [0.1, 0.15) is 34.1 Å². The number of aryl methyl sites for hydroxylation is 2. The largest absolute Gasteiger partial charge is 0.292 e. The maximum absolute atomic E-state index is 13.2. The summed E-state index contributed by atoms with van der Waals surface area (Å²) in [7, 11) is 0. The number of hydrogen-bond donors (Lipinski definition) is 1. The number of aromatic nitrogens is 2. The second-order valence-corrected chi connectivity index (χ2v) is 7.30. The summed E-state index contributed by atoms with van der Waals surface area (Å²) in [6, 6.07) is 12.3. The molecule has 2 heterocycles. The van der Waals surface area contributed by atoms with Crippen LogP contribution in [-0.2, 0) is 4.79 Å². The molecule has 3 aromatic rings. The molecule has 0 saturated carbocycles. The smallest absolute Gasteiger partial charge is 0.281 e. The number of amides is 1. The van der Waals surface area contributed by atoms with E-state index in [0.717, 1.165) is 15.3 Å². The number of nitrogens with zero attached hydrogens (tertiary/aromatic N) is 3. The predicted molar refractivity (Wildman–Crippen MR) is 116 cm³/mol. The lowest BCUT2D eigenvalue weighted by molar-refractivity contribution is -0.114. The highest BCUT2D eigenvalue weighted by atomic mass is 19.1. The number of halogens is 1. The van der Waals surface area contributed by atoms with Crippen molar-refractivity contribution >= 4 is 29.3 Å². The molecule has 0 atom stereocenters. The van der Waals surface area contributed by atoms with Crippen LogP contribution in [0, 0.1) is 19.7 Å². The molecular formula is C23H19FN4O3. The van der Waals surface area contributed by atoms with Gasteiger partial charge in [0.25, 0.3) is 17.4 Å². The van der Waals surface area contributed by atoms with Crippen LogP contribution in [0.15, 0.2) is 64.0 Å². The van der Waals surface area contributed by atoms with E-state index in [2.05, 4.69) is 10.2 Å². The summed E-state index contributed by atoms with van der Waals surface area (Å²) >= 11 is 0. The molecule has 4 rings (SSSR count). The van der Waals surface area contributed by atoms with Crippen LogP contribution in [0.25, 0.3) is 6.08 Å². The molecule has 0 bridgehead atoms. The van der Waals surface area contributed by atoms with Gasteiger partial charge in [0.15, 0.2) is 0 Å². The molecule has 1 amide bonds. The highest BCUT2D eigenvalue weighted by Crippen LogP contribution is 2.25. The average molecular weight is 418 g/mol. The Morgan fingerprint density at radius 1 is 1.06 bits per heavy atom. The van der Waals surface area contributed by atoms with Crippen LogP contribution in [0.5, 0.6) is 0 Å². The van der Waals surface area contributed by atoms with Crippen LogP contribution in [0.3, 0.4) is 0 Å². The molecule has 2 aromatic carbocycles. The topological polar surface area (TPSA) is 87.5 Å². The van der Waals surface area contributed by atoms with Crippen LogP contribution >= 0.6 is 0 Å². The molecule has 0 radical (unpaired) electrons. The Balaban J connectivity index is 1.70. The summed E-state index contributed by atoms with van der Waals surface area (Å²) in [5, 5.41) is 8.17.